The number of carbonyl (C=O) groups is 2. The summed E-state index contributed by atoms with van der Waals surface area (Å²) < 4.78 is 0. The van der Waals surface area contributed by atoms with Crippen molar-refractivity contribution < 1.29 is 14.7 Å². The summed E-state index contributed by atoms with van der Waals surface area (Å²) in [5.74, 6) is -1.20. The zero-order valence-corrected chi connectivity index (χ0v) is 11.1. The van der Waals surface area contributed by atoms with E-state index in [1.165, 1.54) is 0 Å². The summed E-state index contributed by atoms with van der Waals surface area (Å²) in [6.45, 7) is 1.85. The fourth-order valence-electron chi connectivity index (χ4n) is 2.50. The molecule has 0 bridgehead atoms. The Kier molecular flexibility index (Phi) is 3.88. The van der Waals surface area contributed by atoms with E-state index in [1.807, 2.05) is 37.3 Å². The lowest BCUT2D eigenvalue weighted by molar-refractivity contribution is -0.140. The Labute approximate surface area is 112 Å². The largest absolute Gasteiger partial charge is 0.481 e. The number of benzene rings is 1. The predicted octanol–water partition coefficient (Wildman–Crippen LogP) is 2.30. The Bertz CT molecular complexity index is 466. The van der Waals surface area contributed by atoms with Crippen molar-refractivity contribution in [1.29, 1.82) is 0 Å². The monoisotopic (exact) mass is 261 g/mol. The molecule has 2 rings (SSSR count). The first-order valence-electron chi connectivity index (χ1n) is 6.61. The van der Waals surface area contributed by atoms with E-state index in [1.54, 1.807) is 0 Å². The highest BCUT2D eigenvalue weighted by Crippen LogP contribution is 2.35. The van der Waals surface area contributed by atoms with Crippen molar-refractivity contribution in [3.8, 4) is 0 Å². The van der Waals surface area contributed by atoms with Gasteiger partial charge < -0.3 is 10.4 Å². The summed E-state index contributed by atoms with van der Waals surface area (Å²) in [5, 5.41) is 11.9. The topological polar surface area (TPSA) is 66.4 Å². The number of hydrogen-bond donors (Lipinski definition) is 2. The Morgan fingerprint density at radius 1 is 1.32 bits per heavy atom. The van der Waals surface area contributed by atoms with Crippen LogP contribution in [0.5, 0.6) is 0 Å². The lowest BCUT2D eigenvalue weighted by Crippen LogP contribution is -2.55. The molecule has 102 valence electrons. The molecular formula is C15H19NO3. The van der Waals surface area contributed by atoms with Crippen LogP contribution in [0.15, 0.2) is 30.3 Å². The van der Waals surface area contributed by atoms with Crippen LogP contribution in [0.2, 0.25) is 0 Å². The highest BCUT2D eigenvalue weighted by atomic mass is 16.4. The molecule has 1 fully saturated rings. The first-order valence-corrected chi connectivity index (χ1v) is 6.61. The van der Waals surface area contributed by atoms with Crippen LogP contribution in [0.1, 0.15) is 44.1 Å². The third-order valence-electron chi connectivity index (χ3n) is 3.88. The van der Waals surface area contributed by atoms with Crippen LogP contribution in [-0.4, -0.2) is 22.5 Å². The molecular weight excluding hydrogens is 242 g/mol. The second-order valence-corrected chi connectivity index (χ2v) is 5.33. The van der Waals surface area contributed by atoms with Crippen LogP contribution in [0.3, 0.4) is 0 Å². The molecule has 0 aromatic heterocycles. The van der Waals surface area contributed by atoms with Crippen LogP contribution in [0, 0.1) is 0 Å². The number of aliphatic carboxylic acids is 1. The summed E-state index contributed by atoms with van der Waals surface area (Å²) in [6, 6.07) is 9.53. The van der Waals surface area contributed by atoms with E-state index in [9.17, 15) is 9.59 Å². The summed E-state index contributed by atoms with van der Waals surface area (Å²) in [7, 11) is 0. The van der Waals surface area contributed by atoms with E-state index >= 15 is 0 Å². The van der Waals surface area contributed by atoms with Crippen molar-refractivity contribution in [3.05, 3.63) is 35.9 Å². The Balaban J connectivity index is 2.02. The molecule has 19 heavy (non-hydrogen) atoms. The first-order chi connectivity index (χ1) is 9.02. The third kappa shape index (κ3) is 3.13. The molecule has 1 aromatic rings. The van der Waals surface area contributed by atoms with Crippen LogP contribution < -0.4 is 5.32 Å². The molecule has 0 spiro atoms. The van der Waals surface area contributed by atoms with Gasteiger partial charge in [-0.2, -0.15) is 0 Å². The smallest absolute Gasteiger partial charge is 0.305 e. The van der Waals surface area contributed by atoms with E-state index in [-0.39, 0.29) is 18.2 Å². The molecule has 1 unspecified atom stereocenters. The first kappa shape index (κ1) is 13.6. The molecule has 4 heteroatoms. The summed E-state index contributed by atoms with van der Waals surface area (Å²) in [6.07, 6.45) is 2.51. The van der Waals surface area contributed by atoms with Gasteiger partial charge in [-0.1, -0.05) is 30.3 Å². The lowest BCUT2D eigenvalue weighted by atomic mass is 9.74. The van der Waals surface area contributed by atoms with Crippen LogP contribution in [0.25, 0.3) is 0 Å². The highest BCUT2D eigenvalue weighted by Gasteiger charge is 2.41. The van der Waals surface area contributed by atoms with Gasteiger partial charge in [0.05, 0.1) is 17.9 Å². The second-order valence-electron chi connectivity index (χ2n) is 5.33. The molecule has 0 heterocycles. The number of rotatable bonds is 5. The number of carbonyl (C=O) groups excluding carboxylic acids is 1. The quantitative estimate of drug-likeness (QED) is 0.854. The van der Waals surface area contributed by atoms with Crippen molar-refractivity contribution in [2.24, 2.45) is 0 Å². The molecule has 1 amide bonds. The van der Waals surface area contributed by atoms with Gasteiger partial charge in [-0.3, -0.25) is 9.59 Å². The van der Waals surface area contributed by atoms with Gasteiger partial charge in [0.25, 0.3) is 0 Å². The SMILES string of the molecule is CC(C(=O)NC1(CC(=O)O)CCC1)c1ccccc1. The molecule has 0 saturated heterocycles. The van der Waals surface area contributed by atoms with Crippen molar-refractivity contribution in [2.45, 2.75) is 44.1 Å². The number of carboxylic acid groups (broad SMARTS) is 1. The normalized spacial score (nSPS) is 18.2. The lowest BCUT2D eigenvalue weighted by Gasteiger charge is -2.42. The van der Waals surface area contributed by atoms with Gasteiger partial charge in [-0.15, -0.1) is 0 Å². The van der Waals surface area contributed by atoms with Gasteiger partial charge >= 0.3 is 5.97 Å². The van der Waals surface area contributed by atoms with Gasteiger partial charge in [-0.25, -0.2) is 0 Å². The van der Waals surface area contributed by atoms with E-state index in [0.717, 1.165) is 24.8 Å². The van der Waals surface area contributed by atoms with Gasteiger partial charge in [0.15, 0.2) is 0 Å². The zero-order valence-electron chi connectivity index (χ0n) is 11.1. The maximum Gasteiger partial charge on any atom is 0.305 e. The van der Waals surface area contributed by atoms with Gasteiger partial charge in [0.1, 0.15) is 0 Å². The van der Waals surface area contributed by atoms with E-state index in [0.29, 0.717) is 0 Å². The number of amides is 1. The van der Waals surface area contributed by atoms with E-state index in [4.69, 9.17) is 5.11 Å². The van der Waals surface area contributed by atoms with Crippen molar-refractivity contribution in [2.75, 3.05) is 0 Å². The molecule has 1 saturated carbocycles. The standard InChI is InChI=1S/C15H19NO3/c1-11(12-6-3-2-4-7-12)14(19)16-15(8-5-9-15)10-13(17)18/h2-4,6-7,11H,5,8-10H2,1H3,(H,16,19)(H,17,18). The number of carboxylic acids is 1. The minimum Gasteiger partial charge on any atom is -0.481 e. The molecule has 4 nitrogen and oxygen atoms in total. The maximum atomic E-state index is 12.2. The average molecular weight is 261 g/mol. The third-order valence-corrected chi connectivity index (χ3v) is 3.88. The van der Waals surface area contributed by atoms with Gasteiger partial charge in [-0.05, 0) is 31.7 Å². The van der Waals surface area contributed by atoms with Crippen molar-refractivity contribution in [1.82, 2.24) is 5.32 Å². The predicted molar refractivity (Wildman–Crippen MR) is 71.8 cm³/mol. The molecule has 1 atom stereocenters. The number of nitrogens with one attached hydrogen (secondary N) is 1. The van der Waals surface area contributed by atoms with E-state index < -0.39 is 11.5 Å². The molecule has 1 aromatic carbocycles. The average Bonchev–Trinajstić information content (AvgIpc) is 2.35. The molecule has 1 aliphatic rings. The van der Waals surface area contributed by atoms with E-state index in [2.05, 4.69) is 5.32 Å². The van der Waals surface area contributed by atoms with Gasteiger partial charge in [0.2, 0.25) is 5.91 Å². The van der Waals surface area contributed by atoms with Crippen LogP contribution in [-0.2, 0) is 9.59 Å². The zero-order chi connectivity index (χ0) is 13.9. The fourth-order valence-corrected chi connectivity index (χ4v) is 2.50. The second kappa shape index (κ2) is 5.43. The summed E-state index contributed by atoms with van der Waals surface area (Å²) in [5.41, 5.74) is 0.427. The van der Waals surface area contributed by atoms with Crippen molar-refractivity contribution >= 4 is 11.9 Å². The Morgan fingerprint density at radius 3 is 2.42 bits per heavy atom. The molecule has 2 N–H and O–H groups in total. The minimum atomic E-state index is -0.854. The molecule has 1 aliphatic carbocycles. The van der Waals surface area contributed by atoms with Crippen LogP contribution in [0.4, 0.5) is 0 Å². The Morgan fingerprint density at radius 2 is 1.95 bits per heavy atom. The van der Waals surface area contributed by atoms with Gasteiger partial charge in [0, 0.05) is 0 Å². The molecule has 0 aliphatic heterocycles. The number of hydrogen-bond acceptors (Lipinski definition) is 2. The molecule has 0 radical (unpaired) electrons. The summed E-state index contributed by atoms with van der Waals surface area (Å²) >= 11 is 0. The maximum absolute atomic E-state index is 12.2. The summed E-state index contributed by atoms with van der Waals surface area (Å²) in [4.78, 5) is 23.1. The van der Waals surface area contributed by atoms with Crippen molar-refractivity contribution in [3.63, 3.8) is 0 Å². The minimum absolute atomic E-state index is 0.0141. The fraction of sp³-hybridized carbons (Fsp3) is 0.467. The van der Waals surface area contributed by atoms with Crippen LogP contribution >= 0.6 is 0 Å². The highest BCUT2D eigenvalue weighted by molar-refractivity contribution is 5.84. The Hall–Kier alpha value is -1.84.